The molecular weight excluding hydrogens is 406 g/mol. The minimum Gasteiger partial charge on any atom is -0.481 e. The second-order valence-electron chi connectivity index (χ2n) is 10.1. The third-order valence-electron chi connectivity index (χ3n) is 5.58. The van der Waals surface area contributed by atoms with Gasteiger partial charge < -0.3 is 18.7 Å². The van der Waals surface area contributed by atoms with Gasteiger partial charge in [-0.05, 0) is 37.8 Å². The van der Waals surface area contributed by atoms with Crippen molar-refractivity contribution < 1.29 is 28.3 Å². The summed E-state index contributed by atoms with van der Waals surface area (Å²) in [6.07, 6.45) is 11.7. The molecule has 1 atom stereocenters. The predicted octanol–water partition coefficient (Wildman–Crippen LogP) is 5.69. The van der Waals surface area contributed by atoms with Gasteiger partial charge in [-0.15, -0.1) is 0 Å². The highest BCUT2D eigenvalue weighted by molar-refractivity contribution is 5.71. The number of carboxylic acid groups (broad SMARTS) is 1. The summed E-state index contributed by atoms with van der Waals surface area (Å²) in [4.78, 5) is 23.1. The number of likely N-dealkylation sites (N-methyl/N-ethyl adjacent to an activating group) is 1. The van der Waals surface area contributed by atoms with Crippen LogP contribution in [0.2, 0.25) is 0 Å². The summed E-state index contributed by atoms with van der Waals surface area (Å²) in [5, 5.41) is 9.04. The van der Waals surface area contributed by atoms with Gasteiger partial charge in [0.25, 0.3) is 0 Å². The van der Waals surface area contributed by atoms with E-state index in [0.717, 1.165) is 56.5 Å². The van der Waals surface area contributed by atoms with Crippen molar-refractivity contribution in [3.63, 3.8) is 0 Å². The molecule has 32 heavy (non-hydrogen) atoms. The average Bonchev–Trinajstić information content (AvgIpc) is 3.01. The largest absolute Gasteiger partial charge is 0.481 e. The van der Waals surface area contributed by atoms with Gasteiger partial charge in [-0.3, -0.25) is 9.59 Å². The molecule has 0 amide bonds. The SMILES string of the molecule is CCCCCc1cc(C)c(CCCCCCCCC(=O)OC(CC(=O)O)C[N+](C)(C)C)o1. The highest BCUT2D eigenvalue weighted by Gasteiger charge is 2.24. The second kappa shape index (κ2) is 15.1. The molecule has 1 rings (SSSR count). The van der Waals surface area contributed by atoms with Crippen LogP contribution in [0.1, 0.15) is 94.6 Å². The summed E-state index contributed by atoms with van der Waals surface area (Å²) in [6.45, 7) is 4.85. The first-order valence-electron chi connectivity index (χ1n) is 12.4. The van der Waals surface area contributed by atoms with Crippen molar-refractivity contribution in [2.75, 3.05) is 27.7 Å². The zero-order chi connectivity index (χ0) is 24.0. The van der Waals surface area contributed by atoms with E-state index in [1.807, 2.05) is 21.1 Å². The first-order valence-corrected chi connectivity index (χ1v) is 12.4. The molecule has 184 valence electrons. The monoisotopic (exact) mass is 452 g/mol. The molecule has 6 nitrogen and oxygen atoms in total. The number of esters is 1. The van der Waals surface area contributed by atoms with Crippen LogP contribution in [-0.2, 0) is 27.2 Å². The van der Waals surface area contributed by atoms with Crippen LogP contribution in [-0.4, -0.2) is 55.3 Å². The smallest absolute Gasteiger partial charge is 0.307 e. The minimum atomic E-state index is -0.936. The van der Waals surface area contributed by atoms with E-state index in [9.17, 15) is 9.59 Å². The molecule has 0 saturated heterocycles. The lowest BCUT2D eigenvalue weighted by atomic mass is 10.1. The highest BCUT2D eigenvalue weighted by atomic mass is 16.5. The van der Waals surface area contributed by atoms with Crippen LogP contribution < -0.4 is 0 Å². The first kappa shape index (κ1) is 28.2. The number of aryl methyl sites for hydroxylation is 3. The molecule has 1 aromatic rings. The van der Waals surface area contributed by atoms with E-state index in [0.29, 0.717) is 17.4 Å². The number of furan rings is 1. The van der Waals surface area contributed by atoms with E-state index >= 15 is 0 Å². The number of aliphatic carboxylic acids is 1. The van der Waals surface area contributed by atoms with Crippen molar-refractivity contribution in [1.82, 2.24) is 0 Å². The number of ether oxygens (including phenoxy) is 1. The summed E-state index contributed by atoms with van der Waals surface area (Å²) >= 11 is 0. The first-order chi connectivity index (χ1) is 15.1. The zero-order valence-electron chi connectivity index (χ0n) is 21.1. The van der Waals surface area contributed by atoms with E-state index in [1.165, 1.54) is 31.2 Å². The molecule has 0 aliphatic rings. The van der Waals surface area contributed by atoms with Crippen molar-refractivity contribution in [3.05, 3.63) is 23.2 Å². The Labute approximate surface area is 194 Å². The molecule has 0 fully saturated rings. The lowest BCUT2D eigenvalue weighted by molar-refractivity contribution is -0.873. The van der Waals surface area contributed by atoms with Gasteiger partial charge in [0.05, 0.1) is 27.6 Å². The lowest BCUT2D eigenvalue weighted by Gasteiger charge is -2.28. The Morgan fingerprint density at radius 2 is 1.62 bits per heavy atom. The summed E-state index contributed by atoms with van der Waals surface area (Å²) in [5.74, 6) is 1.05. The molecule has 0 aromatic carbocycles. The molecule has 0 saturated carbocycles. The van der Waals surface area contributed by atoms with Gasteiger partial charge >= 0.3 is 11.9 Å². The van der Waals surface area contributed by atoms with Gasteiger partial charge in [0.1, 0.15) is 18.1 Å². The molecule has 1 N–H and O–H groups in total. The van der Waals surface area contributed by atoms with Crippen molar-refractivity contribution in [2.24, 2.45) is 0 Å². The van der Waals surface area contributed by atoms with Crippen LogP contribution in [0.15, 0.2) is 10.5 Å². The Kier molecular flexibility index (Phi) is 13.3. The van der Waals surface area contributed by atoms with E-state index in [-0.39, 0.29) is 12.4 Å². The van der Waals surface area contributed by atoms with Crippen LogP contribution in [0.5, 0.6) is 0 Å². The van der Waals surface area contributed by atoms with Crippen molar-refractivity contribution in [3.8, 4) is 0 Å². The predicted molar refractivity (Wildman–Crippen MR) is 128 cm³/mol. The molecule has 1 heterocycles. The molecular formula is C26H46NO5+. The van der Waals surface area contributed by atoms with Gasteiger partial charge in [0, 0.05) is 19.3 Å². The summed E-state index contributed by atoms with van der Waals surface area (Å²) in [7, 11) is 5.88. The molecule has 0 spiro atoms. The van der Waals surface area contributed by atoms with Crippen LogP contribution in [0, 0.1) is 6.92 Å². The van der Waals surface area contributed by atoms with E-state index in [2.05, 4.69) is 19.9 Å². The van der Waals surface area contributed by atoms with Crippen molar-refractivity contribution >= 4 is 11.9 Å². The molecule has 0 radical (unpaired) electrons. The molecule has 6 heteroatoms. The number of nitrogens with zero attached hydrogens (tertiary/aromatic N) is 1. The van der Waals surface area contributed by atoms with Gasteiger partial charge in [-0.1, -0.05) is 45.4 Å². The van der Waals surface area contributed by atoms with Gasteiger partial charge in [-0.2, -0.15) is 0 Å². The Bertz CT molecular complexity index is 674. The Balaban J connectivity index is 2.15. The number of hydrogen-bond donors (Lipinski definition) is 1. The molecule has 1 aromatic heterocycles. The standard InChI is InChI=1S/C26H45NO5/c1-6-7-12-15-22-18-21(2)24(31-22)16-13-10-8-9-11-14-17-26(30)32-23(19-25(28)29)20-27(3,4)5/h18,23H,6-17,19-20H2,1-5H3/p+1. The van der Waals surface area contributed by atoms with Gasteiger partial charge in [0.2, 0.25) is 0 Å². The quantitative estimate of drug-likeness (QED) is 0.176. The number of quaternary nitrogens is 1. The average molecular weight is 453 g/mol. The third kappa shape index (κ3) is 13.6. The second-order valence-corrected chi connectivity index (χ2v) is 10.1. The van der Waals surface area contributed by atoms with Crippen molar-refractivity contribution in [2.45, 2.75) is 103 Å². The summed E-state index contributed by atoms with van der Waals surface area (Å²) in [6, 6.07) is 2.20. The maximum Gasteiger partial charge on any atom is 0.307 e. The summed E-state index contributed by atoms with van der Waals surface area (Å²) < 4.78 is 12.0. The molecule has 0 aliphatic carbocycles. The van der Waals surface area contributed by atoms with Gasteiger partial charge in [-0.25, -0.2) is 0 Å². The normalized spacial score (nSPS) is 12.7. The Hall–Kier alpha value is -1.82. The number of rotatable bonds is 18. The number of carbonyl (C=O) groups excluding carboxylic acids is 1. The number of carboxylic acids is 1. The van der Waals surface area contributed by atoms with E-state index < -0.39 is 12.1 Å². The number of carbonyl (C=O) groups is 2. The van der Waals surface area contributed by atoms with Crippen LogP contribution in [0.4, 0.5) is 0 Å². The number of hydrogen-bond acceptors (Lipinski definition) is 4. The molecule has 1 unspecified atom stereocenters. The number of unbranched alkanes of at least 4 members (excludes halogenated alkanes) is 7. The summed E-state index contributed by atoms with van der Waals surface area (Å²) in [5.41, 5.74) is 1.28. The van der Waals surface area contributed by atoms with E-state index in [4.69, 9.17) is 14.3 Å². The maximum atomic E-state index is 12.1. The fourth-order valence-electron chi connectivity index (χ4n) is 3.97. The topological polar surface area (TPSA) is 76.7 Å². The van der Waals surface area contributed by atoms with Crippen LogP contribution >= 0.6 is 0 Å². The van der Waals surface area contributed by atoms with Crippen LogP contribution in [0.25, 0.3) is 0 Å². The molecule has 0 aliphatic heterocycles. The fraction of sp³-hybridized carbons (Fsp3) is 0.769. The zero-order valence-corrected chi connectivity index (χ0v) is 21.1. The third-order valence-corrected chi connectivity index (χ3v) is 5.58. The highest BCUT2D eigenvalue weighted by Crippen LogP contribution is 2.20. The van der Waals surface area contributed by atoms with E-state index in [1.54, 1.807) is 0 Å². The van der Waals surface area contributed by atoms with Gasteiger partial charge in [0.15, 0.2) is 6.10 Å². The Morgan fingerprint density at radius 3 is 2.25 bits per heavy atom. The molecule has 0 bridgehead atoms. The van der Waals surface area contributed by atoms with Crippen molar-refractivity contribution in [1.29, 1.82) is 0 Å². The Morgan fingerprint density at radius 1 is 1.00 bits per heavy atom. The maximum absolute atomic E-state index is 12.1. The minimum absolute atomic E-state index is 0.142. The fourth-order valence-corrected chi connectivity index (χ4v) is 3.97. The van der Waals surface area contributed by atoms with Crippen LogP contribution in [0.3, 0.4) is 0 Å². The lowest BCUT2D eigenvalue weighted by Crippen LogP contribution is -2.43.